The monoisotopic (exact) mass is 388 g/mol. The maximum atomic E-state index is 12.3. The van der Waals surface area contributed by atoms with Gasteiger partial charge in [-0.1, -0.05) is 12.2 Å². The van der Waals surface area contributed by atoms with E-state index in [-0.39, 0.29) is 6.61 Å². The van der Waals surface area contributed by atoms with Crippen LogP contribution in [0.25, 0.3) is 5.41 Å². The van der Waals surface area contributed by atoms with E-state index in [1.54, 1.807) is 38.4 Å². The van der Waals surface area contributed by atoms with Crippen LogP contribution in [0.5, 0.6) is 0 Å². The molecule has 144 valence electrons. The number of nitrogens with zero attached hydrogens (tertiary/aromatic N) is 2. The molecule has 7 nitrogen and oxygen atoms in total. The summed E-state index contributed by atoms with van der Waals surface area (Å²) in [5, 5.41) is 14.6. The van der Waals surface area contributed by atoms with E-state index >= 15 is 0 Å². The molecule has 0 aliphatic carbocycles. The summed E-state index contributed by atoms with van der Waals surface area (Å²) in [7, 11) is 0. The summed E-state index contributed by atoms with van der Waals surface area (Å²) in [5.41, 5.74) is 2.14. The maximum Gasteiger partial charge on any atom is 0.336 e. The van der Waals surface area contributed by atoms with E-state index in [2.05, 4.69) is 21.5 Å². The van der Waals surface area contributed by atoms with E-state index in [0.717, 1.165) is 31.9 Å². The Labute approximate surface area is 164 Å². The van der Waals surface area contributed by atoms with E-state index in [9.17, 15) is 10.2 Å². The highest BCUT2D eigenvalue weighted by molar-refractivity contribution is 7.80. The molecule has 1 aromatic rings. The molecule has 27 heavy (non-hydrogen) atoms. The molecule has 0 bridgehead atoms. The highest BCUT2D eigenvalue weighted by Crippen LogP contribution is 2.36. The van der Waals surface area contributed by atoms with Gasteiger partial charge in [-0.2, -0.15) is 0 Å². The van der Waals surface area contributed by atoms with Crippen molar-refractivity contribution in [2.75, 3.05) is 32.9 Å². The molecule has 1 fully saturated rings. The summed E-state index contributed by atoms with van der Waals surface area (Å²) in [6.45, 7) is 7.96. The highest BCUT2D eigenvalue weighted by atomic mass is 32.1. The van der Waals surface area contributed by atoms with Gasteiger partial charge in [0.1, 0.15) is 4.99 Å². The van der Waals surface area contributed by atoms with Crippen molar-refractivity contribution in [3.63, 3.8) is 0 Å². The summed E-state index contributed by atoms with van der Waals surface area (Å²) in [5.74, 6) is 1.13. The van der Waals surface area contributed by atoms with Gasteiger partial charge in [0.2, 0.25) is 0 Å². The minimum absolute atomic E-state index is 0.269. The second-order valence-corrected chi connectivity index (χ2v) is 6.34. The number of morpholine rings is 1. The summed E-state index contributed by atoms with van der Waals surface area (Å²) < 4.78 is 10.2. The highest BCUT2D eigenvalue weighted by Gasteiger charge is 2.34. The number of allylic oxidation sites excluding steroid dienone is 1. The lowest BCUT2D eigenvalue weighted by Crippen LogP contribution is -2.87. The minimum atomic E-state index is -0.522. The summed E-state index contributed by atoms with van der Waals surface area (Å²) in [6.07, 6.45) is 3.24. The van der Waals surface area contributed by atoms with Crippen molar-refractivity contribution in [1.29, 1.82) is 0 Å². The molecule has 0 radical (unpaired) electrons. The van der Waals surface area contributed by atoms with Crippen molar-refractivity contribution in [1.82, 2.24) is 10.3 Å². The molecule has 0 spiro atoms. The number of rotatable bonds is 3. The Balaban J connectivity index is 0.000000369. The fourth-order valence-corrected chi connectivity index (χ4v) is 3.18. The first kappa shape index (κ1) is 20.9. The lowest BCUT2D eigenvalue weighted by atomic mass is 9.82. The molecule has 1 atom stereocenters. The number of hydrogen-bond donors (Lipinski definition) is 2. The Morgan fingerprint density at radius 1 is 1.44 bits per heavy atom. The smallest absolute Gasteiger partial charge is 0.336 e. The average molecular weight is 388 g/mol. The number of esters is 1. The normalized spacial score (nSPS) is 19.4. The van der Waals surface area contributed by atoms with Crippen LogP contribution in [0.15, 0.2) is 41.4 Å². The standard InChI is InChI=1S/C15H14N3O2S.C4H9NO/c1-3-20-15(19)12-9(2)18-14(21)11(8-16)13(12)10-4-6-17-7-5-10;1-3-6-4-2-5-1/h4-7,13H,3H2,1-2H3,(H,18,21);5H,1-4H2/q-1;/p+1. The summed E-state index contributed by atoms with van der Waals surface area (Å²) in [6, 6.07) is 3.53. The molecule has 3 N–H and O–H groups in total. The van der Waals surface area contributed by atoms with Gasteiger partial charge in [-0.05, 0) is 31.5 Å². The van der Waals surface area contributed by atoms with Crippen LogP contribution in [-0.2, 0) is 14.3 Å². The molecule has 1 unspecified atom stereocenters. The zero-order chi connectivity index (χ0) is 19.6. The molecule has 2 aliphatic heterocycles. The van der Waals surface area contributed by atoms with E-state index in [0.29, 0.717) is 21.8 Å². The van der Waals surface area contributed by atoms with Gasteiger partial charge in [-0.3, -0.25) is 10.9 Å². The van der Waals surface area contributed by atoms with E-state index in [1.807, 2.05) is 0 Å². The molecule has 0 amide bonds. The first-order chi connectivity index (χ1) is 13.1. The van der Waals surface area contributed by atoms with Crippen LogP contribution in [0.2, 0.25) is 0 Å². The Bertz CT molecular complexity index is 742. The van der Waals surface area contributed by atoms with Crippen molar-refractivity contribution in [2.45, 2.75) is 19.8 Å². The first-order valence-corrected chi connectivity index (χ1v) is 9.26. The Morgan fingerprint density at radius 3 is 2.59 bits per heavy atom. The number of quaternary nitrogens is 1. The second kappa shape index (κ2) is 10.7. The topological polar surface area (TPSA) is 99.4 Å². The fourth-order valence-electron chi connectivity index (χ4n) is 2.86. The first-order valence-electron chi connectivity index (χ1n) is 8.85. The third kappa shape index (κ3) is 5.55. The van der Waals surface area contributed by atoms with Crippen LogP contribution in [0.4, 0.5) is 0 Å². The maximum absolute atomic E-state index is 12.3. The number of aromatic nitrogens is 1. The van der Waals surface area contributed by atoms with Gasteiger partial charge >= 0.3 is 5.97 Å². The molecule has 0 aromatic carbocycles. The van der Waals surface area contributed by atoms with Gasteiger partial charge in [-0.25, -0.2) is 4.79 Å². The van der Waals surface area contributed by atoms with Crippen LogP contribution in [0, 0.1) is 0 Å². The van der Waals surface area contributed by atoms with Crippen molar-refractivity contribution >= 4 is 29.0 Å². The summed E-state index contributed by atoms with van der Waals surface area (Å²) in [4.78, 5) is 16.6. The second-order valence-electron chi connectivity index (χ2n) is 5.93. The Morgan fingerprint density at radius 2 is 2.11 bits per heavy atom. The summed E-state index contributed by atoms with van der Waals surface area (Å²) >= 11 is 5.21. The van der Waals surface area contributed by atoms with Gasteiger partial charge in [0.05, 0.1) is 44.4 Å². The molecule has 2 aliphatic rings. The predicted octanol–water partition coefficient (Wildman–Crippen LogP) is 0.678. The number of nitrogens with two attached hydrogens (primary N) is 1. The number of carbonyl (C=O) groups is 1. The number of ether oxygens (including phenoxy) is 2. The largest absolute Gasteiger partial charge is 0.763 e. The molecular weight excluding hydrogens is 364 g/mol. The van der Waals surface area contributed by atoms with Crippen LogP contribution < -0.4 is 10.6 Å². The SMILES string of the molecule is C1COCC[NH2+]1.CCOC(=O)C1=C(C)NC(=S)C(=C=[N-])C1c1ccncc1. The predicted molar refractivity (Wildman–Crippen MR) is 106 cm³/mol. The van der Waals surface area contributed by atoms with Gasteiger partial charge < -0.3 is 25.5 Å². The van der Waals surface area contributed by atoms with Crippen LogP contribution in [0.1, 0.15) is 25.3 Å². The lowest BCUT2D eigenvalue weighted by Gasteiger charge is -2.30. The van der Waals surface area contributed by atoms with E-state index in [1.165, 1.54) is 0 Å². The number of hydrogen-bond acceptors (Lipinski definition) is 5. The van der Waals surface area contributed by atoms with Gasteiger partial charge in [0.25, 0.3) is 0 Å². The molecule has 0 saturated carbocycles. The van der Waals surface area contributed by atoms with Crippen molar-refractivity contribution in [2.24, 2.45) is 0 Å². The third-order valence-corrected chi connectivity index (χ3v) is 4.44. The molecular formula is C19H24N4O3S. The third-order valence-electron chi connectivity index (χ3n) is 4.11. The Hall–Kier alpha value is -2.38. The van der Waals surface area contributed by atoms with Crippen LogP contribution in [-0.4, -0.2) is 54.7 Å². The van der Waals surface area contributed by atoms with Crippen molar-refractivity contribution in [3.05, 3.63) is 52.3 Å². The fraction of sp³-hybridized carbons (Fsp3) is 0.421. The molecule has 1 saturated heterocycles. The van der Waals surface area contributed by atoms with Crippen molar-refractivity contribution < 1.29 is 19.6 Å². The minimum Gasteiger partial charge on any atom is -0.763 e. The van der Waals surface area contributed by atoms with E-state index < -0.39 is 11.9 Å². The quantitative estimate of drug-likeness (QED) is 0.342. The molecule has 3 rings (SSSR count). The van der Waals surface area contributed by atoms with Crippen LogP contribution in [0.3, 0.4) is 0 Å². The van der Waals surface area contributed by atoms with E-state index in [4.69, 9.17) is 21.7 Å². The van der Waals surface area contributed by atoms with Gasteiger partial charge in [0, 0.05) is 23.7 Å². The number of carbonyl (C=O) groups excluding carboxylic acids is 1. The van der Waals surface area contributed by atoms with Gasteiger partial charge in [0.15, 0.2) is 0 Å². The zero-order valence-electron chi connectivity index (χ0n) is 15.5. The van der Waals surface area contributed by atoms with Crippen LogP contribution >= 0.6 is 12.2 Å². The molecule has 1 aromatic heterocycles. The lowest BCUT2D eigenvalue weighted by molar-refractivity contribution is -0.670. The molecule has 3 heterocycles. The Kier molecular flexibility index (Phi) is 8.29. The van der Waals surface area contributed by atoms with Gasteiger partial charge in [-0.15, -0.1) is 0 Å². The molecule has 8 heteroatoms. The number of nitrogens with one attached hydrogen (secondary N) is 1. The zero-order valence-corrected chi connectivity index (χ0v) is 16.3. The number of pyridine rings is 1. The average Bonchev–Trinajstić information content (AvgIpc) is 2.70. The van der Waals surface area contributed by atoms with Crippen molar-refractivity contribution in [3.8, 4) is 0 Å². The number of thiocarbonyl (C=S) groups is 1.